The van der Waals surface area contributed by atoms with Crippen molar-refractivity contribution < 1.29 is 38.0 Å². The van der Waals surface area contributed by atoms with Crippen LogP contribution in [0.1, 0.15) is 6.92 Å². The van der Waals surface area contributed by atoms with E-state index < -0.39 is 5.97 Å². The highest BCUT2D eigenvalue weighted by Gasteiger charge is 2.01. The molecule has 0 aliphatic heterocycles. The molecule has 0 heterocycles. The zero-order valence-electron chi connectivity index (χ0n) is 17.4. The molecule has 0 aromatic heterocycles. The largest absolute Gasteiger partial charge is 0.460 e. The second-order valence-electron chi connectivity index (χ2n) is 5.69. The van der Waals surface area contributed by atoms with Gasteiger partial charge in [0.05, 0.1) is 79.3 Å². The van der Waals surface area contributed by atoms with Crippen molar-refractivity contribution in [2.45, 2.75) is 6.92 Å². The number of hydrogen-bond acceptors (Lipinski definition) is 9. The van der Waals surface area contributed by atoms with Crippen LogP contribution in [0.25, 0.3) is 0 Å². The van der Waals surface area contributed by atoms with Gasteiger partial charge in [0.15, 0.2) is 0 Å². The van der Waals surface area contributed by atoms with E-state index in [4.69, 9.17) is 33.2 Å². The summed E-state index contributed by atoms with van der Waals surface area (Å²) in [5, 5.41) is 3.01. The Morgan fingerprint density at radius 2 is 0.964 bits per heavy atom. The van der Waals surface area contributed by atoms with E-state index in [1.165, 1.54) is 0 Å². The number of carbonyl (C=O) groups is 1. The fourth-order valence-corrected chi connectivity index (χ4v) is 1.69. The van der Waals surface area contributed by atoms with Gasteiger partial charge in [-0.15, -0.1) is 0 Å². The van der Waals surface area contributed by atoms with Gasteiger partial charge in [0, 0.05) is 12.1 Å². The first-order valence-electron chi connectivity index (χ1n) is 9.62. The summed E-state index contributed by atoms with van der Waals surface area (Å²) < 4.78 is 37.0. The highest BCUT2D eigenvalue weighted by molar-refractivity contribution is 5.86. The Balaban J connectivity index is 3.05. The summed E-state index contributed by atoms with van der Waals surface area (Å²) in [6, 6.07) is 0. The molecule has 0 spiro atoms. The Hall–Kier alpha value is -1.07. The molecule has 9 heteroatoms. The second kappa shape index (κ2) is 22.2. The number of esters is 1. The Kier molecular flexibility index (Phi) is 21.4. The molecule has 166 valence electrons. The monoisotopic (exact) mass is 407 g/mol. The van der Waals surface area contributed by atoms with Crippen LogP contribution in [0.15, 0.2) is 12.2 Å². The molecule has 0 aromatic carbocycles. The van der Waals surface area contributed by atoms with E-state index in [1.54, 1.807) is 6.92 Å². The predicted molar refractivity (Wildman–Crippen MR) is 105 cm³/mol. The maximum atomic E-state index is 11.1. The minimum absolute atomic E-state index is 0.213. The van der Waals surface area contributed by atoms with Crippen molar-refractivity contribution in [3.05, 3.63) is 12.2 Å². The summed E-state index contributed by atoms with van der Waals surface area (Å²) >= 11 is 0. The molecule has 0 bridgehead atoms. The van der Waals surface area contributed by atoms with Crippen LogP contribution < -0.4 is 5.32 Å². The number of rotatable bonds is 22. The lowest BCUT2D eigenvalue weighted by atomic mass is 10.4. The van der Waals surface area contributed by atoms with E-state index in [1.807, 2.05) is 7.05 Å². The van der Waals surface area contributed by atoms with Gasteiger partial charge in [0.2, 0.25) is 0 Å². The molecule has 0 saturated carbocycles. The molecule has 0 rings (SSSR count). The van der Waals surface area contributed by atoms with Gasteiger partial charge in [-0.1, -0.05) is 6.58 Å². The van der Waals surface area contributed by atoms with Gasteiger partial charge in [-0.3, -0.25) is 0 Å². The normalized spacial score (nSPS) is 10.9. The second-order valence-corrected chi connectivity index (χ2v) is 5.69. The maximum absolute atomic E-state index is 11.1. The fraction of sp³-hybridized carbons (Fsp3) is 0.842. The van der Waals surface area contributed by atoms with E-state index >= 15 is 0 Å². The number of carbonyl (C=O) groups excluding carboxylic acids is 1. The van der Waals surface area contributed by atoms with Crippen molar-refractivity contribution in [1.82, 2.24) is 5.32 Å². The third-order valence-corrected chi connectivity index (χ3v) is 3.17. The minimum atomic E-state index is -0.404. The van der Waals surface area contributed by atoms with Crippen molar-refractivity contribution in [2.75, 3.05) is 99.5 Å². The molecule has 28 heavy (non-hydrogen) atoms. The number of hydrogen-bond donors (Lipinski definition) is 1. The molecule has 0 saturated heterocycles. The first-order valence-corrected chi connectivity index (χ1v) is 9.62. The molecular formula is C19H37NO8. The summed E-state index contributed by atoms with van der Waals surface area (Å²) in [6.07, 6.45) is 0. The Morgan fingerprint density at radius 3 is 1.29 bits per heavy atom. The van der Waals surface area contributed by atoms with Crippen molar-refractivity contribution in [3.63, 3.8) is 0 Å². The van der Waals surface area contributed by atoms with Gasteiger partial charge in [-0.25, -0.2) is 4.79 Å². The Bertz CT molecular complexity index is 368. The van der Waals surface area contributed by atoms with Crippen molar-refractivity contribution >= 4 is 5.97 Å². The summed E-state index contributed by atoms with van der Waals surface area (Å²) in [5.41, 5.74) is 0.378. The highest BCUT2D eigenvalue weighted by Crippen LogP contribution is 1.91. The van der Waals surface area contributed by atoms with Crippen LogP contribution in [-0.2, 0) is 38.0 Å². The molecule has 0 atom stereocenters. The summed E-state index contributed by atoms with van der Waals surface area (Å²) in [6.45, 7) is 12.4. The summed E-state index contributed by atoms with van der Waals surface area (Å²) in [5.74, 6) is -0.404. The SMILES string of the molecule is C=C(C)C(=O)OCCOCCOCCOCCOCCOCCOCCNC. The van der Waals surface area contributed by atoms with E-state index in [2.05, 4.69) is 11.9 Å². The Labute approximate surface area is 168 Å². The lowest BCUT2D eigenvalue weighted by Crippen LogP contribution is -2.17. The smallest absolute Gasteiger partial charge is 0.333 e. The first-order chi connectivity index (χ1) is 13.7. The summed E-state index contributed by atoms with van der Waals surface area (Å²) in [4.78, 5) is 11.1. The first kappa shape index (κ1) is 26.9. The summed E-state index contributed by atoms with van der Waals surface area (Å²) in [7, 11) is 1.89. The topological polar surface area (TPSA) is 93.7 Å². The van der Waals surface area contributed by atoms with Gasteiger partial charge in [-0.05, 0) is 14.0 Å². The molecule has 0 amide bonds. The zero-order valence-corrected chi connectivity index (χ0v) is 17.4. The van der Waals surface area contributed by atoms with E-state index in [-0.39, 0.29) is 6.61 Å². The highest BCUT2D eigenvalue weighted by atomic mass is 16.6. The molecule has 0 unspecified atom stereocenters. The van der Waals surface area contributed by atoms with Gasteiger partial charge in [-0.2, -0.15) is 0 Å². The Morgan fingerprint density at radius 1 is 0.643 bits per heavy atom. The molecule has 0 fully saturated rings. The van der Waals surface area contributed by atoms with Gasteiger partial charge >= 0.3 is 5.97 Å². The number of ether oxygens (including phenoxy) is 7. The van der Waals surface area contributed by atoms with Crippen molar-refractivity contribution in [2.24, 2.45) is 0 Å². The van der Waals surface area contributed by atoms with Crippen molar-refractivity contribution in [1.29, 1.82) is 0 Å². The van der Waals surface area contributed by atoms with Crippen LogP contribution in [-0.4, -0.2) is 105 Å². The van der Waals surface area contributed by atoms with Crippen LogP contribution in [0.3, 0.4) is 0 Å². The van der Waals surface area contributed by atoms with E-state index in [0.29, 0.717) is 84.9 Å². The lowest BCUT2D eigenvalue weighted by molar-refractivity contribution is -0.140. The van der Waals surface area contributed by atoms with Crippen LogP contribution in [0.2, 0.25) is 0 Å². The molecule has 0 aliphatic rings. The van der Waals surface area contributed by atoms with Crippen LogP contribution in [0.4, 0.5) is 0 Å². The van der Waals surface area contributed by atoms with Crippen LogP contribution >= 0.6 is 0 Å². The third kappa shape index (κ3) is 21.2. The quantitative estimate of drug-likeness (QED) is 0.156. The van der Waals surface area contributed by atoms with Gasteiger partial charge in [0.1, 0.15) is 6.61 Å². The van der Waals surface area contributed by atoms with Crippen molar-refractivity contribution in [3.8, 4) is 0 Å². The molecule has 0 aromatic rings. The van der Waals surface area contributed by atoms with Crippen LogP contribution in [0, 0.1) is 0 Å². The van der Waals surface area contributed by atoms with Gasteiger partial charge < -0.3 is 38.5 Å². The average molecular weight is 408 g/mol. The predicted octanol–water partition coefficient (Wildman–Crippen LogP) is 0.425. The maximum Gasteiger partial charge on any atom is 0.333 e. The molecule has 0 radical (unpaired) electrons. The molecule has 1 N–H and O–H groups in total. The molecular weight excluding hydrogens is 370 g/mol. The average Bonchev–Trinajstić information content (AvgIpc) is 2.68. The minimum Gasteiger partial charge on any atom is -0.460 e. The molecule has 9 nitrogen and oxygen atoms in total. The lowest BCUT2D eigenvalue weighted by Gasteiger charge is -2.08. The standard InChI is InChI=1S/C19H37NO8/c1-18(2)19(21)28-17-16-27-15-14-26-13-12-25-11-10-24-9-8-23-7-6-22-5-4-20-3/h20H,1,4-17H2,2-3H3. The van der Waals surface area contributed by atoms with E-state index in [9.17, 15) is 4.79 Å². The van der Waals surface area contributed by atoms with E-state index in [0.717, 1.165) is 6.54 Å². The van der Waals surface area contributed by atoms with Crippen LogP contribution in [0.5, 0.6) is 0 Å². The molecule has 0 aliphatic carbocycles. The zero-order chi connectivity index (χ0) is 20.7. The number of nitrogens with one attached hydrogen (secondary N) is 1. The fourth-order valence-electron chi connectivity index (χ4n) is 1.69. The number of likely N-dealkylation sites (N-methyl/N-ethyl adjacent to an activating group) is 1. The third-order valence-electron chi connectivity index (χ3n) is 3.17. The van der Waals surface area contributed by atoms with Gasteiger partial charge in [0.25, 0.3) is 0 Å².